The van der Waals surface area contributed by atoms with Crippen LogP contribution in [0.15, 0.2) is 18.2 Å². The minimum atomic E-state index is -0.774. The number of hydrogen-bond acceptors (Lipinski definition) is 2. The molecule has 1 aromatic carbocycles. The maximum absolute atomic E-state index is 9.65. The Balaban J connectivity index is 2.53. The van der Waals surface area contributed by atoms with Crippen molar-refractivity contribution in [2.75, 3.05) is 0 Å². The average molecular weight is 255 g/mol. The quantitative estimate of drug-likeness (QED) is 0.609. The first kappa shape index (κ1) is 10.2. The van der Waals surface area contributed by atoms with Gasteiger partial charge in [0.25, 0.3) is 0 Å². The largest absolute Gasteiger partial charge is 0.492 e. The van der Waals surface area contributed by atoms with E-state index in [1.54, 1.807) is 0 Å². The zero-order chi connectivity index (χ0) is 10.3. The second kappa shape index (κ2) is 3.37. The van der Waals surface area contributed by atoms with Gasteiger partial charge in [-0.3, -0.25) is 0 Å². The molecule has 0 fully saturated rings. The summed E-state index contributed by atoms with van der Waals surface area (Å²) < 4.78 is 5.46. The van der Waals surface area contributed by atoms with Gasteiger partial charge in [0.15, 0.2) is 0 Å². The van der Waals surface area contributed by atoms with Crippen LogP contribution in [0.25, 0.3) is 0 Å². The topological polar surface area (TPSA) is 29.5 Å². The van der Waals surface area contributed by atoms with Crippen molar-refractivity contribution in [1.29, 1.82) is 0 Å². The van der Waals surface area contributed by atoms with Crippen LogP contribution < -0.4 is 5.46 Å². The normalized spacial score (nSPS) is 18.4. The van der Waals surface area contributed by atoms with Crippen molar-refractivity contribution in [3.63, 3.8) is 0 Å². The van der Waals surface area contributed by atoms with Crippen molar-refractivity contribution in [1.82, 2.24) is 0 Å². The second-order valence-corrected chi connectivity index (χ2v) is 4.60. The molecule has 0 saturated heterocycles. The summed E-state index contributed by atoms with van der Waals surface area (Å²) in [6, 6.07) is 6.02. The van der Waals surface area contributed by atoms with E-state index in [2.05, 4.69) is 22.0 Å². The molecule has 0 bridgehead atoms. The molecular formula is C10H12BBrO2. The molecule has 1 aliphatic heterocycles. The van der Waals surface area contributed by atoms with Gasteiger partial charge in [-0.25, -0.2) is 0 Å². The number of alkyl halides is 1. The SMILES string of the molecule is CC1(C)OB(O)c2ccc(CBr)cc21. The molecule has 2 rings (SSSR count). The summed E-state index contributed by atoms with van der Waals surface area (Å²) >= 11 is 3.42. The lowest BCUT2D eigenvalue weighted by atomic mass is 9.78. The number of fused-ring (bicyclic) bond motifs is 1. The number of rotatable bonds is 1. The first-order valence-corrected chi connectivity index (χ1v) is 5.72. The van der Waals surface area contributed by atoms with Crippen LogP contribution in [0.3, 0.4) is 0 Å². The van der Waals surface area contributed by atoms with Crippen molar-refractivity contribution in [2.45, 2.75) is 24.8 Å². The zero-order valence-corrected chi connectivity index (χ0v) is 9.84. The maximum atomic E-state index is 9.65. The lowest BCUT2D eigenvalue weighted by Gasteiger charge is -2.20. The number of hydrogen-bond donors (Lipinski definition) is 1. The monoisotopic (exact) mass is 254 g/mol. The van der Waals surface area contributed by atoms with Crippen LogP contribution in [-0.2, 0) is 15.6 Å². The number of benzene rings is 1. The van der Waals surface area contributed by atoms with Gasteiger partial charge in [-0.1, -0.05) is 34.1 Å². The van der Waals surface area contributed by atoms with Crippen LogP contribution >= 0.6 is 15.9 Å². The predicted octanol–water partition coefficient (Wildman–Crippen LogP) is 1.53. The highest BCUT2D eigenvalue weighted by Gasteiger charge is 2.40. The summed E-state index contributed by atoms with van der Waals surface area (Å²) in [6.45, 7) is 3.94. The summed E-state index contributed by atoms with van der Waals surface area (Å²) in [7, 11) is -0.774. The first-order valence-electron chi connectivity index (χ1n) is 4.60. The molecule has 0 aliphatic carbocycles. The fourth-order valence-electron chi connectivity index (χ4n) is 1.83. The minimum Gasteiger partial charge on any atom is -0.423 e. The van der Waals surface area contributed by atoms with Crippen molar-refractivity contribution >= 4 is 28.5 Å². The van der Waals surface area contributed by atoms with Gasteiger partial charge in [0.1, 0.15) is 0 Å². The summed E-state index contributed by atoms with van der Waals surface area (Å²) in [5, 5.41) is 10.5. The third-order valence-electron chi connectivity index (χ3n) is 2.59. The Hall–Kier alpha value is -0.315. The van der Waals surface area contributed by atoms with E-state index in [0.717, 1.165) is 16.4 Å². The molecule has 0 unspecified atom stereocenters. The third kappa shape index (κ3) is 1.51. The van der Waals surface area contributed by atoms with Gasteiger partial charge in [0.05, 0.1) is 5.60 Å². The van der Waals surface area contributed by atoms with Gasteiger partial charge in [-0.2, -0.15) is 0 Å². The van der Waals surface area contributed by atoms with Crippen molar-refractivity contribution < 1.29 is 9.68 Å². The van der Waals surface area contributed by atoms with Gasteiger partial charge >= 0.3 is 7.12 Å². The second-order valence-electron chi connectivity index (χ2n) is 4.04. The summed E-state index contributed by atoms with van der Waals surface area (Å²) in [5.41, 5.74) is 2.80. The van der Waals surface area contributed by atoms with Gasteiger partial charge in [0, 0.05) is 5.33 Å². The Bertz CT molecular complexity index is 365. The summed E-state index contributed by atoms with van der Waals surface area (Å²) in [6.07, 6.45) is 0. The van der Waals surface area contributed by atoms with Gasteiger partial charge < -0.3 is 9.68 Å². The Morgan fingerprint density at radius 3 is 2.86 bits per heavy atom. The molecular weight excluding hydrogens is 243 g/mol. The fraction of sp³-hybridized carbons (Fsp3) is 0.400. The molecule has 14 heavy (non-hydrogen) atoms. The van der Waals surface area contributed by atoms with Gasteiger partial charge in [0.2, 0.25) is 0 Å². The van der Waals surface area contributed by atoms with Crippen LogP contribution in [0.4, 0.5) is 0 Å². The summed E-state index contributed by atoms with van der Waals surface area (Å²) in [4.78, 5) is 0. The molecule has 2 nitrogen and oxygen atoms in total. The van der Waals surface area contributed by atoms with Crippen molar-refractivity contribution in [2.24, 2.45) is 0 Å². The van der Waals surface area contributed by atoms with E-state index in [9.17, 15) is 5.02 Å². The third-order valence-corrected chi connectivity index (χ3v) is 3.24. The standard InChI is InChI=1S/C10H12BBrO2/c1-10(2)8-5-7(6-12)3-4-9(8)11(13)14-10/h3-5,13H,6H2,1-2H3. The molecule has 1 N–H and O–H groups in total. The lowest BCUT2D eigenvalue weighted by Crippen LogP contribution is -2.28. The Morgan fingerprint density at radius 1 is 1.50 bits per heavy atom. The molecule has 1 heterocycles. The average Bonchev–Trinajstić information content (AvgIpc) is 2.37. The molecule has 4 heteroatoms. The van der Waals surface area contributed by atoms with Crippen LogP contribution in [-0.4, -0.2) is 12.1 Å². The van der Waals surface area contributed by atoms with E-state index in [-0.39, 0.29) is 5.60 Å². The molecule has 1 aromatic rings. The first-order chi connectivity index (χ1) is 6.54. The molecule has 0 atom stereocenters. The van der Waals surface area contributed by atoms with Gasteiger partial charge in [-0.05, 0) is 30.4 Å². The zero-order valence-electron chi connectivity index (χ0n) is 8.25. The molecule has 0 saturated carbocycles. The Labute approximate surface area is 92.6 Å². The molecule has 74 valence electrons. The Morgan fingerprint density at radius 2 is 2.21 bits per heavy atom. The van der Waals surface area contributed by atoms with E-state index in [1.165, 1.54) is 5.56 Å². The Kier molecular flexibility index (Phi) is 2.45. The number of halogens is 1. The van der Waals surface area contributed by atoms with Crippen molar-refractivity contribution in [3.8, 4) is 0 Å². The van der Waals surface area contributed by atoms with E-state index >= 15 is 0 Å². The highest BCUT2D eigenvalue weighted by molar-refractivity contribution is 9.08. The van der Waals surface area contributed by atoms with E-state index in [0.29, 0.717) is 0 Å². The van der Waals surface area contributed by atoms with Crippen LogP contribution in [0.5, 0.6) is 0 Å². The summed E-state index contributed by atoms with van der Waals surface area (Å²) in [5.74, 6) is 0. The molecule has 0 aromatic heterocycles. The van der Waals surface area contributed by atoms with Crippen LogP contribution in [0.2, 0.25) is 0 Å². The highest BCUT2D eigenvalue weighted by Crippen LogP contribution is 2.30. The molecule has 0 amide bonds. The van der Waals surface area contributed by atoms with E-state index in [1.807, 2.05) is 26.0 Å². The smallest absolute Gasteiger partial charge is 0.423 e. The molecule has 0 spiro atoms. The van der Waals surface area contributed by atoms with Crippen LogP contribution in [0, 0.1) is 0 Å². The maximum Gasteiger partial charge on any atom is 0.492 e. The predicted molar refractivity (Wildman–Crippen MR) is 60.8 cm³/mol. The fourth-order valence-corrected chi connectivity index (χ4v) is 2.18. The van der Waals surface area contributed by atoms with Crippen molar-refractivity contribution in [3.05, 3.63) is 29.3 Å². The minimum absolute atomic E-state index is 0.382. The molecule has 0 radical (unpaired) electrons. The molecule has 1 aliphatic rings. The lowest BCUT2D eigenvalue weighted by molar-refractivity contribution is 0.101. The highest BCUT2D eigenvalue weighted by atomic mass is 79.9. The van der Waals surface area contributed by atoms with Gasteiger partial charge in [-0.15, -0.1) is 0 Å². The van der Waals surface area contributed by atoms with E-state index in [4.69, 9.17) is 4.65 Å². The van der Waals surface area contributed by atoms with Crippen LogP contribution in [0.1, 0.15) is 25.0 Å². The van der Waals surface area contributed by atoms with E-state index < -0.39 is 7.12 Å².